The lowest BCUT2D eigenvalue weighted by molar-refractivity contribution is 0.919. The number of rotatable bonds is 5. The number of aryl methyl sites for hydroxylation is 2. The molecule has 0 amide bonds. The summed E-state index contributed by atoms with van der Waals surface area (Å²) in [6, 6.07) is 0. The Balaban J connectivity index is 2.19. The molecule has 2 rings (SSSR count). The fourth-order valence-electron chi connectivity index (χ4n) is 1.68. The number of hydrazine groups is 1. The summed E-state index contributed by atoms with van der Waals surface area (Å²) in [4.78, 5) is 13.2. The van der Waals surface area contributed by atoms with Crippen molar-refractivity contribution in [2.45, 2.75) is 33.7 Å². The number of hydrogen-bond donors (Lipinski definition) is 3. The highest BCUT2D eigenvalue weighted by Crippen LogP contribution is 2.20. The first-order valence-corrected chi connectivity index (χ1v) is 7.01. The van der Waals surface area contributed by atoms with Crippen LogP contribution in [0.2, 0.25) is 0 Å². The fraction of sp³-hybridized carbons (Fsp3) is 0.417. The molecule has 2 aromatic rings. The maximum atomic E-state index is 5.48. The summed E-state index contributed by atoms with van der Waals surface area (Å²) in [5, 5.41) is 6.37. The van der Waals surface area contributed by atoms with Crippen LogP contribution < -0.4 is 16.6 Å². The van der Waals surface area contributed by atoms with Gasteiger partial charge in [-0.1, -0.05) is 6.92 Å². The van der Waals surface area contributed by atoms with E-state index < -0.39 is 0 Å². The van der Waals surface area contributed by atoms with Gasteiger partial charge in [-0.05, 0) is 13.8 Å². The minimum atomic E-state index is 0.656. The highest BCUT2D eigenvalue weighted by atomic mass is 32.1. The SMILES string of the molecule is CCc1nc(NN)c(C)c(NCc2nc(C)cs2)n1. The van der Waals surface area contributed by atoms with E-state index in [4.69, 9.17) is 5.84 Å². The van der Waals surface area contributed by atoms with Crippen LogP contribution in [0.15, 0.2) is 5.38 Å². The van der Waals surface area contributed by atoms with Crippen molar-refractivity contribution in [3.8, 4) is 0 Å². The Morgan fingerprint density at radius 3 is 2.53 bits per heavy atom. The molecule has 0 bridgehead atoms. The standard InChI is InChI=1S/C12H18N6S/c1-4-9-16-11(8(3)12(17-9)18-13)14-5-10-15-7(2)6-19-10/h6H,4-5,13H2,1-3H3,(H2,14,16,17,18). The second-order valence-corrected chi connectivity index (χ2v) is 5.14. The number of hydrogen-bond acceptors (Lipinski definition) is 7. The number of nitrogens with one attached hydrogen (secondary N) is 2. The van der Waals surface area contributed by atoms with Gasteiger partial charge in [-0.25, -0.2) is 20.8 Å². The summed E-state index contributed by atoms with van der Waals surface area (Å²) in [6.07, 6.45) is 0.764. The number of nitrogen functional groups attached to an aromatic ring is 1. The van der Waals surface area contributed by atoms with E-state index in [1.807, 2.05) is 26.2 Å². The molecular weight excluding hydrogens is 260 g/mol. The second kappa shape index (κ2) is 5.94. The van der Waals surface area contributed by atoms with E-state index in [9.17, 15) is 0 Å². The first-order chi connectivity index (χ1) is 9.13. The Labute approximate surface area is 116 Å². The lowest BCUT2D eigenvalue weighted by Crippen LogP contribution is -2.14. The van der Waals surface area contributed by atoms with Crippen LogP contribution in [0.25, 0.3) is 0 Å². The molecular formula is C12H18N6S. The Hall–Kier alpha value is -1.73. The van der Waals surface area contributed by atoms with Crippen molar-refractivity contribution < 1.29 is 0 Å². The Kier molecular flexibility index (Phi) is 4.28. The molecule has 102 valence electrons. The average Bonchev–Trinajstić information content (AvgIpc) is 2.83. The lowest BCUT2D eigenvalue weighted by atomic mass is 10.3. The van der Waals surface area contributed by atoms with Crippen LogP contribution in [0.1, 0.15) is 29.0 Å². The first-order valence-electron chi connectivity index (χ1n) is 6.13. The van der Waals surface area contributed by atoms with Crippen LogP contribution in [0, 0.1) is 13.8 Å². The van der Waals surface area contributed by atoms with Gasteiger partial charge in [-0.2, -0.15) is 0 Å². The van der Waals surface area contributed by atoms with E-state index in [0.29, 0.717) is 12.4 Å². The van der Waals surface area contributed by atoms with Crippen molar-refractivity contribution in [2.24, 2.45) is 5.84 Å². The zero-order valence-electron chi connectivity index (χ0n) is 11.3. The first kappa shape index (κ1) is 13.7. The summed E-state index contributed by atoms with van der Waals surface area (Å²) in [6.45, 7) is 6.59. The molecule has 0 atom stereocenters. The van der Waals surface area contributed by atoms with E-state index in [2.05, 4.69) is 25.7 Å². The molecule has 7 heteroatoms. The molecule has 0 saturated carbocycles. The number of nitrogens with two attached hydrogens (primary N) is 1. The van der Waals surface area contributed by atoms with Gasteiger partial charge < -0.3 is 10.7 Å². The summed E-state index contributed by atoms with van der Waals surface area (Å²) in [7, 11) is 0. The Morgan fingerprint density at radius 1 is 1.21 bits per heavy atom. The van der Waals surface area contributed by atoms with E-state index in [-0.39, 0.29) is 0 Å². The van der Waals surface area contributed by atoms with E-state index in [1.54, 1.807) is 11.3 Å². The number of aromatic nitrogens is 3. The quantitative estimate of drug-likeness (QED) is 0.572. The number of thiazole rings is 1. The van der Waals surface area contributed by atoms with Gasteiger partial charge in [0.15, 0.2) is 0 Å². The molecule has 0 unspecified atom stereocenters. The Bertz CT molecular complexity index is 565. The zero-order chi connectivity index (χ0) is 13.8. The van der Waals surface area contributed by atoms with Crippen molar-refractivity contribution in [1.29, 1.82) is 0 Å². The van der Waals surface area contributed by atoms with Gasteiger partial charge in [0.1, 0.15) is 22.5 Å². The molecule has 2 aromatic heterocycles. The largest absolute Gasteiger partial charge is 0.363 e. The van der Waals surface area contributed by atoms with E-state index in [1.165, 1.54) is 0 Å². The molecule has 0 saturated heterocycles. The van der Waals surface area contributed by atoms with Crippen LogP contribution in [0.5, 0.6) is 0 Å². The van der Waals surface area contributed by atoms with Gasteiger partial charge in [0, 0.05) is 23.1 Å². The molecule has 0 radical (unpaired) electrons. The lowest BCUT2D eigenvalue weighted by Gasteiger charge is -2.12. The smallest absolute Gasteiger partial charge is 0.148 e. The van der Waals surface area contributed by atoms with Crippen LogP contribution in [0.4, 0.5) is 11.6 Å². The Morgan fingerprint density at radius 2 is 1.95 bits per heavy atom. The normalized spacial score (nSPS) is 10.5. The van der Waals surface area contributed by atoms with Gasteiger partial charge in [0.2, 0.25) is 0 Å². The molecule has 4 N–H and O–H groups in total. The van der Waals surface area contributed by atoms with Crippen molar-refractivity contribution in [2.75, 3.05) is 10.7 Å². The van der Waals surface area contributed by atoms with Crippen LogP contribution >= 0.6 is 11.3 Å². The molecule has 0 spiro atoms. The van der Waals surface area contributed by atoms with Gasteiger partial charge in [-0.3, -0.25) is 0 Å². The molecule has 19 heavy (non-hydrogen) atoms. The summed E-state index contributed by atoms with van der Waals surface area (Å²) < 4.78 is 0. The van der Waals surface area contributed by atoms with Crippen LogP contribution in [-0.2, 0) is 13.0 Å². The number of anilines is 2. The van der Waals surface area contributed by atoms with Crippen LogP contribution in [-0.4, -0.2) is 15.0 Å². The predicted octanol–water partition coefficient (Wildman–Crippen LogP) is 2.01. The molecule has 2 heterocycles. The van der Waals surface area contributed by atoms with Gasteiger partial charge >= 0.3 is 0 Å². The minimum Gasteiger partial charge on any atom is -0.363 e. The topological polar surface area (TPSA) is 88.8 Å². The molecule has 0 aliphatic carbocycles. The molecule has 0 aliphatic rings. The van der Waals surface area contributed by atoms with Crippen LogP contribution in [0.3, 0.4) is 0 Å². The third-order valence-electron chi connectivity index (χ3n) is 2.72. The van der Waals surface area contributed by atoms with E-state index >= 15 is 0 Å². The third kappa shape index (κ3) is 3.18. The maximum Gasteiger partial charge on any atom is 0.148 e. The minimum absolute atomic E-state index is 0.656. The summed E-state index contributed by atoms with van der Waals surface area (Å²) in [5.74, 6) is 7.69. The molecule has 6 nitrogen and oxygen atoms in total. The van der Waals surface area contributed by atoms with Crippen molar-refractivity contribution in [3.63, 3.8) is 0 Å². The number of nitrogens with zero attached hydrogens (tertiary/aromatic N) is 3. The van der Waals surface area contributed by atoms with Crippen molar-refractivity contribution in [3.05, 3.63) is 27.5 Å². The van der Waals surface area contributed by atoms with Gasteiger partial charge in [0.05, 0.1) is 6.54 Å². The molecule has 0 aromatic carbocycles. The highest BCUT2D eigenvalue weighted by molar-refractivity contribution is 7.09. The summed E-state index contributed by atoms with van der Waals surface area (Å²) >= 11 is 1.64. The summed E-state index contributed by atoms with van der Waals surface area (Å²) in [5.41, 5.74) is 4.56. The molecule has 0 aliphatic heterocycles. The highest BCUT2D eigenvalue weighted by Gasteiger charge is 2.09. The third-order valence-corrected chi connectivity index (χ3v) is 3.69. The second-order valence-electron chi connectivity index (χ2n) is 4.20. The van der Waals surface area contributed by atoms with Crippen molar-refractivity contribution >= 4 is 23.0 Å². The van der Waals surface area contributed by atoms with Gasteiger partial charge in [-0.15, -0.1) is 11.3 Å². The maximum absolute atomic E-state index is 5.48. The zero-order valence-corrected chi connectivity index (χ0v) is 12.1. The average molecular weight is 278 g/mol. The fourth-order valence-corrected chi connectivity index (χ4v) is 2.39. The predicted molar refractivity (Wildman–Crippen MR) is 78.1 cm³/mol. The monoisotopic (exact) mass is 278 g/mol. The molecule has 0 fully saturated rings. The van der Waals surface area contributed by atoms with E-state index in [0.717, 1.165) is 34.3 Å². The van der Waals surface area contributed by atoms with Gasteiger partial charge in [0.25, 0.3) is 0 Å². The van der Waals surface area contributed by atoms with Crippen molar-refractivity contribution in [1.82, 2.24) is 15.0 Å².